The first kappa shape index (κ1) is 73.7. The van der Waals surface area contributed by atoms with Gasteiger partial charge in [-0.2, -0.15) is 0 Å². The van der Waals surface area contributed by atoms with Crippen molar-refractivity contribution in [3.05, 3.63) is 0 Å². The van der Waals surface area contributed by atoms with Gasteiger partial charge < -0.3 is 165 Å². The zero-order valence-corrected chi connectivity index (χ0v) is 35.1. The molecule has 0 spiro atoms. The third-order valence-corrected chi connectivity index (χ3v) is 9.00. The minimum atomic E-state index is -5.68. The molecule has 0 saturated heterocycles. The molecule has 0 N–H and O–H groups in total. The van der Waals surface area contributed by atoms with Gasteiger partial charge in [0.15, 0.2) is 0 Å². The summed E-state index contributed by atoms with van der Waals surface area (Å²) in [6.07, 6.45) is 0. The van der Waals surface area contributed by atoms with E-state index in [1.54, 1.807) is 0 Å². The molecule has 0 atom stereocenters. The van der Waals surface area contributed by atoms with Gasteiger partial charge in [-0.05, 0) is 0 Å². The smallest absolute Gasteiger partial charge is 0.790 e. The predicted molar refractivity (Wildman–Crippen MR) is 81.5 cm³/mol. The number of rotatable bonds is 10. The Balaban J connectivity index is -0.0000000571. The largest absolute Gasteiger partial charge is 5.00 e. The van der Waals surface area contributed by atoms with E-state index in [1.807, 2.05) is 0 Å². The zero-order chi connectivity index (χ0) is 38.5. The third-order valence-electron chi connectivity index (χ3n) is 1.000. The molecule has 0 amide bonds. The average Bonchev–Trinajstić information content (AvgIpc) is 2.36. The predicted octanol–water partition coefficient (Wildman–Crippen LogP) is -16.7. The second-order valence-electron chi connectivity index (χ2n) is 4.88. The van der Waals surface area contributed by atoms with Crippen molar-refractivity contribution in [2.45, 2.75) is 0 Å². The van der Waals surface area contributed by atoms with Gasteiger partial charge in [0.2, 0.25) is 0 Å². The fraction of sp³-hybridized carbons (Fsp3) is 0. The van der Waals surface area contributed by atoms with Gasteiger partial charge in [-0.1, -0.05) is 0 Å². The summed E-state index contributed by atoms with van der Waals surface area (Å²) in [5.74, 6) is 0. The van der Waals surface area contributed by atoms with Crippen LogP contribution in [0.3, 0.4) is 0 Å². The first-order valence-corrected chi connectivity index (χ1v) is 21.9. The average molecular weight is 1070 g/mol. The standard InChI is InChI=1S/5H4O7P2.4V/c5*1-8(2,3)7-9(4,5)6;;;;/h5*(H2,1,2,3)(H2,4,5,6);;;;/q;;;;;4*+5/p-20. The Morgan fingerprint density at radius 1 is 0.184 bits per heavy atom. The van der Waals surface area contributed by atoms with E-state index in [0.717, 1.165) is 0 Å². The molecule has 0 fully saturated rings. The van der Waals surface area contributed by atoms with Crippen molar-refractivity contribution >= 4 is 78.2 Å². The van der Waals surface area contributed by atoms with Crippen LogP contribution in [0, 0.1) is 0 Å². The van der Waals surface area contributed by atoms with Gasteiger partial charge >= 0.3 is 74.2 Å². The summed E-state index contributed by atoms with van der Waals surface area (Å²) in [5, 5.41) is 0. The molecule has 35 nitrogen and oxygen atoms in total. The van der Waals surface area contributed by atoms with Gasteiger partial charge in [0.05, 0.1) is 78.2 Å². The Kier molecular flexibility index (Phi) is 42.3. The Labute approximate surface area is 315 Å². The van der Waals surface area contributed by atoms with E-state index in [-0.39, 0.29) is 74.2 Å². The van der Waals surface area contributed by atoms with E-state index in [1.165, 1.54) is 0 Å². The Hall–Kier alpha value is 3.64. The Morgan fingerprint density at radius 3 is 0.224 bits per heavy atom. The second-order valence-corrected chi connectivity index (χ2v) is 17.1. The van der Waals surface area contributed by atoms with Gasteiger partial charge in [0.1, 0.15) is 0 Å². The van der Waals surface area contributed by atoms with Crippen LogP contribution in [0.5, 0.6) is 0 Å². The van der Waals surface area contributed by atoms with Crippen molar-refractivity contribution in [2.24, 2.45) is 0 Å². The maximum atomic E-state index is 9.32. The SMILES string of the molecule is O=P([O-])([O-])OP(=O)([O-])[O-].O=P([O-])([O-])OP(=O)([O-])[O-].O=P([O-])([O-])OP(=O)([O-])[O-].O=P([O-])([O-])OP(=O)([O-])[O-].O=P([O-])([O-])OP(=O)([O-])[O-].[V+5].[V+5].[V+5].[V+5]. The molecule has 0 heterocycles. The van der Waals surface area contributed by atoms with E-state index in [2.05, 4.69) is 21.6 Å². The summed E-state index contributed by atoms with van der Waals surface area (Å²) in [7, 11) is -56.8. The van der Waals surface area contributed by atoms with Crippen LogP contribution in [0.4, 0.5) is 0 Å². The minimum absolute atomic E-state index is 0. The quantitative estimate of drug-likeness (QED) is 0.183. The number of hydrogen-bond donors (Lipinski definition) is 0. The molecule has 0 aromatic carbocycles. The summed E-state index contributed by atoms with van der Waals surface area (Å²) >= 11 is 0. The molecule has 0 saturated carbocycles. The summed E-state index contributed by atoms with van der Waals surface area (Å²) in [4.78, 5) is 186. The summed E-state index contributed by atoms with van der Waals surface area (Å²) in [6.45, 7) is 0. The van der Waals surface area contributed by atoms with Gasteiger partial charge in [0, 0.05) is 0 Å². The fourth-order valence-electron chi connectivity index (χ4n) is 0.612. The number of phosphoric acid groups is 10. The topological polar surface area (TPSA) is 678 Å². The van der Waals surface area contributed by atoms with Crippen molar-refractivity contribution in [2.75, 3.05) is 0 Å². The summed E-state index contributed by atoms with van der Waals surface area (Å²) < 4.78 is 106. The molecular formula is O35P10V4. The van der Waals surface area contributed by atoms with Crippen LogP contribution in [-0.2, 0) is 141 Å². The van der Waals surface area contributed by atoms with Crippen molar-refractivity contribution in [1.29, 1.82) is 0 Å². The first-order chi connectivity index (χ1) is 18.5. The van der Waals surface area contributed by atoms with E-state index in [4.69, 9.17) is 0 Å². The minimum Gasteiger partial charge on any atom is -0.790 e. The van der Waals surface area contributed by atoms with Crippen molar-refractivity contribution in [3.8, 4) is 0 Å². The third kappa shape index (κ3) is 112. The van der Waals surface area contributed by atoms with Gasteiger partial charge in [0.25, 0.3) is 0 Å². The van der Waals surface area contributed by atoms with Gasteiger partial charge in [-0.15, -0.1) is 0 Å². The van der Waals surface area contributed by atoms with Gasteiger partial charge in [-0.3, -0.25) is 0 Å². The normalized spacial score (nSPS) is 12.7. The van der Waals surface area contributed by atoms with E-state index < -0.39 is 78.2 Å². The summed E-state index contributed by atoms with van der Waals surface area (Å²) in [6, 6.07) is 0. The van der Waals surface area contributed by atoms with E-state index in [9.17, 15) is 144 Å². The maximum absolute atomic E-state index is 9.32. The molecule has 0 unspecified atom stereocenters. The van der Waals surface area contributed by atoms with Crippen LogP contribution < -0.4 is 97.9 Å². The molecule has 0 aliphatic carbocycles. The van der Waals surface area contributed by atoms with Gasteiger partial charge in [-0.25, -0.2) is 0 Å². The zero-order valence-electron chi connectivity index (χ0n) is 20.5. The molecule has 0 radical (unpaired) electrons. The molecule has 0 aromatic rings. The first-order valence-electron chi connectivity index (χ1n) is 7.30. The van der Waals surface area contributed by atoms with Crippen molar-refractivity contribution < 1.29 is 239 Å². The van der Waals surface area contributed by atoms with E-state index in [0.29, 0.717) is 0 Å². The molecule has 0 bridgehead atoms. The molecule has 0 rings (SSSR count). The van der Waals surface area contributed by atoms with Crippen molar-refractivity contribution in [1.82, 2.24) is 0 Å². The van der Waals surface area contributed by atoms with Crippen molar-refractivity contribution in [3.63, 3.8) is 0 Å². The second kappa shape index (κ2) is 28.1. The fourth-order valence-corrected chi connectivity index (χ4v) is 5.51. The van der Waals surface area contributed by atoms with Crippen LogP contribution in [0.15, 0.2) is 0 Å². The molecule has 0 aliphatic rings. The monoisotopic (exact) mass is 1070 g/mol. The summed E-state index contributed by atoms with van der Waals surface area (Å²) in [5.41, 5.74) is 0. The van der Waals surface area contributed by atoms with Crippen LogP contribution >= 0.6 is 78.2 Å². The van der Waals surface area contributed by atoms with Crippen LogP contribution in [0.2, 0.25) is 0 Å². The molecular weight excluding hydrogens is 1070 g/mol. The number of hydrogen-bond acceptors (Lipinski definition) is 35. The Bertz CT molecular complexity index is 1000. The van der Waals surface area contributed by atoms with Crippen LogP contribution in [0.25, 0.3) is 0 Å². The van der Waals surface area contributed by atoms with Crippen LogP contribution in [0.1, 0.15) is 0 Å². The maximum Gasteiger partial charge on any atom is 5.00 e. The molecule has 0 aromatic heterocycles. The molecule has 280 valence electrons. The molecule has 49 heavy (non-hydrogen) atoms. The molecule has 49 heteroatoms. The van der Waals surface area contributed by atoms with Crippen LogP contribution in [-0.4, -0.2) is 0 Å². The van der Waals surface area contributed by atoms with E-state index >= 15 is 0 Å². The Morgan fingerprint density at radius 2 is 0.224 bits per heavy atom. The molecule has 0 aliphatic heterocycles.